The number of rotatable bonds is 6. The van der Waals surface area contributed by atoms with Gasteiger partial charge in [-0.1, -0.05) is 6.42 Å². The maximum atomic E-state index is 8.58. The Labute approximate surface area is 178 Å². The van der Waals surface area contributed by atoms with Crippen LogP contribution in [0, 0.1) is 0 Å². The Morgan fingerprint density at radius 2 is 1.87 bits per heavy atom. The molecule has 0 spiro atoms. The molecule has 0 aliphatic heterocycles. The Morgan fingerprint density at radius 3 is 2.40 bits per heavy atom. The van der Waals surface area contributed by atoms with Crippen molar-refractivity contribution in [1.29, 1.82) is 0 Å². The molecule has 2 aliphatic rings. The maximum Gasteiger partial charge on any atom is 0.297 e. The number of aryl methyl sites for hydroxylation is 1. The van der Waals surface area contributed by atoms with E-state index in [1.807, 2.05) is 37.7 Å². The Balaban J connectivity index is 0.000000305. The molecule has 8 nitrogen and oxygen atoms in total. The minimum absolute atomic E-state index is 0.219. The zero-order chi connectivity index (χ0) is 21.9. The van der Waals surface area contributed by atoms with Crippen LogP contribution in [0.2, 0.25) is 0 Å². The van der Waals surface area contributed by atoms with E-state index in [0.29, 0.717) is 12.2 Å². The van der Waals surface area contributed by atoms with E-state index in [-0.39, 0.29) is 19.1 Å². The van der Waals surface area contributed by atoms with Gasteiger partial charge in [0.25, 0.3) is 6.01 Å². The van der Waals surface area contributed by atoms with Crippen molar-refractivity contribution in [3.05, 3.63) is 18.2 Å². The van der Waals surface area contributed by atoms with E-state index in [9.17, 15) is 0 Å². The summed E-state index contributed by atoms with van der Waals surface area (Å²) >= 11 is 0. The number of hydrogen-bond donors (Lipinski definition) is 3. The number of carbonyl (C=O) groups is 1. The summed E-state index contributed by atoms with van der Waals surface area (Å²) in [5, 5.41) is 11.1. The van der Waals surface area contributed by atoms with Crippen LogP contribution in [0.3, 0.4) is 0 Å². The van der Waals surface area contributed by atoms with Gasteiger partial charge in [0, 0.05) is 19.2 Å². The number of aliphatic hydroxyl groups is 1. The van der Waals surface area contributed by atoms with Gasteiger partial charge in [0.15, 0.2) is 0 Å². The highest BCUT2D eigenvalue weighted by atomic mass is 16.5. The van der Waals surface area contributed by atoms with Crippen LogP contribution in [-0.4, -0.2) is 53.0 Å². The minimum Gasteiger partial charge on any atom is -0.490 e. The van der Waals surface area contributed by atoms with Crippen LogP contribution in [0.15, 0.2) is 18.2 Å². The van der Waals surface area contributed by atoms with Crippen LogP contribution in [0.1, 0.15) is 51.9 Å². The lowest BCUT2D eigenvalue weighted by Gasteiger charge is -2.22. The molecule has 1 aromatic heterocycles. The summed E-state index contributed by atoms with van der Waals surface area (Å²) in [5.41, 5.74) is 6.23. The van der Waals surface area contributed by atoms with E-state index in [1.54, 1.807) is 0 Å². The van der Waals surface area contributed by atoms with Crippen LogP contribution in [0.25, 0.3) is 11.0 Å². The quantitative estimate of drug-likeness (QED) is 0.619. The van der Waals surface area contributed by atoms with Crippen molar-refractivity contribution in [2.45, 2.75) is 70.1 Å². The number of nitrogens with two attached hydrogens (primary N) is 1. The summed E-state index contributed by atoms with van der Waals surface area (Å²) < 4.78 is 14.0. The first-order chi connectivity index (χ1) is 14.5. The van der Waals surface area contributed by atoms with Crippen molar-refractivity contribution in [2.75, 3.05) is 13.7 Å². The van der Waals surface area contributed by atoms with Crippen LogP contribution in [0.4, 0.5) is 0 Å². The normalized spacial score (nSPS) is 17.2. The van der Waals surface area contributed by atoms with E-state index in [1.165, 1.54) is 32.1 Å². The van der Waals surface area contributed by atoms with Gasteiger partial charge in [0.2, 0.25) is 6.41 Å². The average Bonchev–Trinajstić information content (AvgIpc) is 3.53. The largest absolute Gasteiger partial charge is 0.490 e. The topological polar surface area (TPSA) is 112 Å². The fourth-order valence-corrected chi connectivity index (χ4v) is 3.13. The Hall–Kier alpha value is -2.32. The van der Waals surface area contributed by atoms with Crippen molar-refractivity contribution in [1.82, 2.24) is 14.9 Å². The number of ether oxygens (including phenoxy) is 2. The number of hydrogen-bond acceptors (Lipinski definition) is 6. The van der Waals surface area contributed by atoms with E-state index in [0.717, 1.165) is 35.6 Å². The number of primary amides is 1. The molecule has 8 heteroatoms. The molecule has 2 aromatic rings. The standard InChI is InChI=1S/C17H22N2O2.C4H11NO.CH3NO/c1-19-16-11-14(20-13-7-8-13)9-10-15(16)18-17(19)21-12-5-3-2-4-6-12;1-4(3-6)5-2;2-1-3/h9-13H,2-8H2,1H3;4-6H,3H2,1-2H3;1H,(H2,2,3). The van der Waals surface area contributed by atoms with E-state index >= 15 is 0 Å². The molecule has 1 heterocycles. The molecule has 2 aliphatic carbocycles. The number of imidazole rings is 1. The lowest BCUT2D eigenvalue weighted by molar-refractivity contribution is -0.106. The smallest absolute Gasteiger partial charge is 0.297 e. The highest BCUT2D eigenvalue weighted by molar-refractivity contribution is 5.78. The third kappa shape index (κ3) is 7.50. The highest BCUT2D eigenvalue weighted by Gasteiger charge is 2.24. The molecule has 4 N–H and O–H groups in total. The molecule has 30 heavy (non-hydrogen) atoms. The fourth-order valence-electron chi connectivity index (χ4n) is 3.13. The predicted octanol–water partition coefficient (Wildman–Crippen LogP) is 2.51. The first kappa shape index (κ1) is 24.0. The van der Waals surface area contributed by atoms with E-state index < -0.39 is 0 Å². The van der Waals surface area contributed by atoms with Crippen LogP contribution in [-0.2, 0) is 11.8 Å². The zero-order valence-corrected chi connectivity index (χ0v) is 18.3. The number of likely N-dealkylation sites (N-methyl/N-ethyl adjacent to an activating group) is 1. The lowest BCUT2D eigenvalue weighted by atomic mass is 9.98. The monoisotopic (exact) mass is 420 g/mol. The van der Waals surface area contributed by atoms with E-state index in [4.69, 9.17) is 19.4 Å². The van der Waals surface area contributed by atoms with Gasteiger partial charge in [-0.05, 0) is 64.6 Å². The molecule has 0 saturated heterocycles. The summed E-state index contributed by atoms with van der Waals surface area (Å²) in [6.07, 6.45) is 9.55. The van der Waals surface area contributed by atoms with Gasteiger partial charge in [-0.25, -0.2) is 0 Å². The molecule has 1 aromatic carbocycles. The third-order valence-corrected chi connectivity index (χ3v) is 5.23. The maximum absolute atomic E-state index is 8.58. The Morgan fingerprint density at radius 1 is 1.23 bits per heavy atom. The van der Waals surface area contributed by atoms with Crippen molar-refractivity contribution in [2.24, 2.45) is 12.8 Å². The van der Waals surface area contributed by atoms with Gasteiger partial charge < -0.3 is 25.6 Å². The Bertz CT molecular complexity index is 766. The summed E-state index contributed by atoms with van der Waals surface area (Å²) in [4.78, 5) is 13.2. The van der Waals surface area contributed by atoms with Crippen molar-refractivity contribution in [3.63, 3.8) is 0 Å². The van der Waals surface area contributed by atoms with Gasteiger partial charge in [-0.2, -0.15) is 4.98 Å². The summed E-state index contributed by atoms with van der Waals surface area (Å²) in [5.74, 6) is 0.942. The molecule has 168 valence electrons. The lowest BCUT2D eigenvalue weighted by Crippen LogP contribution is -2.24. The molecule has 1 unspecified atom stereocenters. The number of carbonyl (C=O) groups excluding carboxylic acids is 1. The van der Waals surface area contributed by atoms with Gasteiger partial charge in [-0.15, -0.1) is 0 Å². The number of amides is 1. The zero-order valence-electron chi connectivity index (χ0n) is 18.3. The van der Waals surface area contributed by atoms with Gasteiger partial charge in [0.1, 0.15) is 11.9 Å². The molecular weight excluding hydrogens is 384 g/mol. The molecule has 1 atom stereocenters. The van der Waals surface area contributed by atoms with Gasteiger partial charge >= 0.3 is 0 Å². The van der Waals surface area contributed by atoms with Crippen LogP contribution < -0.4 is 20.5 Å². The minimum atomic E-state index is 0.219. The summed E-state index contributed by atoms with van der Waals surface area (Å²) in [6.45, 7) is 2.14. The second-order valence-corrected chi connectivity index (χ2v) is 7.81. The third-order valence-electron chi connectivity index (χ3n) is 5.23. The first-order valence-electron chi connectivity index (χ1n) is 10.8. The van der Waals surface area contributed by atoms with Gasteiger partial charge in [0.05, 0.1) is 23.7 Å². The Kier molecular flexibility index (Phi) is 9.89. The number of aliphatic hydroxyl groups excluding tert-OH is 1. The molecule has 0 bridgehead atoms. The predicted molar refractivity (Wildman–Crippen MR) is 118 cm³/mol. The number of aromatic nitrogens is 2. The molecule has 2 fully saturated rings. The highest BCUT2D eigenvalue weighted by Crippen LogP contribution is 2.31. The number of nitrogens with zero attached hydrogens (tertiary/aromatic N) is 2. The fraction of sp³-hybridized carbons (Fsp3) is 0.636. The van der Waals surface area contributed by atoms with Crippen molar-refractivity contribution >= 4 is 17.4 Å². The van der Waals surface area contributed by atoms with Crippen LogP contribution in [0.5, 0.6) is 11.8 Å². The van der Waals surface area contributed by atoms with Crippen LogP contribution >= 0.6 is 0 Å². The second kappa shape index (κ2) is 12.4. The summed E-state index contributed by atoms with van der Waals surface area (Å²) in [6, 6.07) is 7.10. The molecule has 4 rings (SSSR count). The molecule has 0 radical (unpaired) electrons. The molecule has 2 saturated carbocycles. The van der Waals surface area contributed by atoms with Gasteiger partial charge in [-0.3, -0.25) is 9.36 Å². The van der Waals surface area contributed by atoms with E-state index in [2.05, 4.69) is 22.1 Å². The second-order valence-electron chi connectivity index (χ2n) is 7.81. The molecule has 1 amide bonds. The first-order valence-corrected chi connectivity index (χ1v) is 10.8. The number of nitrogens with one attached hydrogen (secondary N) is 1. The van der Waals surface area contributed by atoms with Crippen molar-refractivity contribution in [3.8, 4) is 11.8 Å². The number of fused-ring (bicyclic) bond motifs is 1. The average molecular weight is 421 g/mol. The summed E-state index contributed by atoms with van der Waals surface area (Å²) in [7, 11) is 3.84. The van der Waals surface area contributed by atoms with Crippen molar-refractivity contribution < 1.29 is 19.4 Å². The number of benzene rings is 1. The SMILES string of the molecule is CNC(C)CO.Cn1c(OC2CCCCC2)nc2ccc(OC3CC3)cc21.NC=O. The molecular formula is C22H36N4O4.